The van der Waals surface area contributed by atoms with E-state index in [0.29, 0.717) is 38.2 Å². The van der Waals surface area contributed by atoms with E-state index in [1.807, 2.05) is 13.1 Å². The van der Waals surface area contributed by atoms with Crippen molar-refractivity contribution in [2.75, 3.05) is 39.8 Å². The van der Waals surface area contributed by atoms with Gasteiger partial charge in [0.05, 0.1) is 6.20 Å². The van der Waals surface area contributed by atoms with Crippen LogP contribution >= 0.6 is 0 Å². The van der Waals surface area contributed by atoms with E-state index in [1.54, 1.807) is 52.1 Å². The number of aromatic nitrogens is 2. The molecule has 230 valence electrons. The Hall–Kier alpha value is -3.49. The molecular weight excluding hydrogens is 564 g/mol. The predicted molar refractivity (Wildman–Crippen MR) is 152 cm³/mol. The van der Waals surface area contributed by atoms with Crippen molar-refractivity contribution in [2.45, 2.75) is 62.6 Å². The highest BCUT2D eigenvalue weighted by atomic mass is 32.2. The van der Waals surface area contributed by atoms with E-state index in [4.69, 9.17) is 9.57 Å². The van der Waals surface area contributed by atoms with E-state index in [1.165, 1.54) is 22.0 Å². The van der Waals surface area contributed by atoms with Gasteiger partial charge < -0.3 is 19.4 Å². The van der Waals surface area contributed by atoms with E-state index in [2.05, 4.69) is 10.00 Å². The molecule has 2 aliphatic heterocycles. The fourth-order valence-corrected chi connectivity index (χ4v) is 6.59. The smallest absolute Gasteiger partial charge is 0.434 e. The van der Waals surface area contributed by atoms with Crippen molar-refractivity contribution in [3.05, 3.63) is 48.3 Å². The predicted octanol–water partition coefficient (Wildman–Crippen LogP) is 1.65. The number of hydrogen-bond donors (Lipinski definition) is 0. The molecule has 4 rings (SSSR count). The molecule has 2 saturated heterocycles. The number of hydroxylamine groups is 2. The molecule has 42 heavy (non-hydrogen) atoms. The van der Waals surface area contributed by atoms with Gasteiger partial charge in [-0.15, -0.1) is 0 Å². The van der Waals surface area contributed by atoms with Crippen molar-refractivity contribution in [2.24, 2.45) is 7.05 Å². The highest BCUT2D eigenvalue weighted by molar-refractivity contribution is 7.89. The number of hydrogen-bond acceptors (Lipinski definition) is 9. The lowest BCUT2D eigenvalue weighted by atomic mass is 10.0. The average Bonchev–Trinajstić information content (AvgIpc) is 3.60. The zero-order chi connectivity index (χ0) is 30.7. The Bertz CT molecular complexity index is 1370. The minimum Gasteiger partial charge on any atom is -0.458 e. The molecule has 0 saturated carbocycles. The van der Waals surface area contributed by atoms with Crippen LogP contribution in [0.5, 0.6) is 0 Å². The van der Waals surface area contributed by atoms with Gasteiger partial charge in [-0.3, -0.25) is 9.48 Å². The maximum atomic E-state index is 14.3. The summed E-state index contributed by atoms with van der Waals surface area (Å²) in [6, 6.07) is 6.43. The summed E-state index contributed by atoms with van der Waals surface area (Å²) < 4.78 is 35.3. The molecule has 3 heterocycles. The first kappa shape index (κ1) is 31.4. The molecular formula is C28H40N6O7S. The Labute approximate surface area is 246 Å². The highest BCUT2D eigenvalue weighted by Crippen LogP contribution is 2.29. The van der Waals surface area contributed by atoms with Crippen molar-refractivity contribution in [1.82, 2.24) is 28.9 Å². The number of likely N-dealkylation sites (N-methyl/N-ethyl adjacent to an activating group) is 1. The first-order valence-electron chi connectivity index (χ1n) is 14.0. The van der Waals surface area contributed by atoms with Gasteiger partial charge in [-0.05, 0) is 46.2 Å². The maximum Gasteiger partial charge on any atom is 0.434 e. The van der Waals surface area contributed by atoms with Crippen LogP contribution in [0, 0.1) is 0 Å². The van der Waals surface area contributed by atoms with Crippen LogP contribution in [0.25, 0.3) is 0 Å². The third kappa shape index (κ3) is 7.47. The lowest BCUT2D eigenvalue weighted by Crippen LogP contribution is -2.57. The molecule has 2 aromatic rings. The van der Waals surface area contributed by atoms with Crippen LogP contribution in [-0.2, 0) is 42.7 Å². The second-order valence-corrected chi connectivity index (χ2v) is 13.6. The molecule has 2 amide bonds. The summed E-state index contributed by atoms with van der Waals surface area (Å²) in [6.07, 6.45) is 2.37. The number of piperazine rings is 1. The van der Waals surface area contributed by atoms with E-state index < -0.39 is 45.7 Å². The zero-order valence-corrected chi connectivity index (χ0v) is 25.6. The molecule has 1 aromatic heterocycles. The van der Waals surface area contributed by atoms with Gasteiger partial charge >= 0.3 is 12.1 Å². The fourth-order valence-electron chi connectivity index (χ4n) is 4.95. The summed E-state index contributed by atoms with van der Waals surface area (Å²) in [7, 11) is -0.568. The second-order valence-electron chi connectivity index (χ2n) is 11.7. The summed E-state index contributed by atoms with van der Waals surface area (Å²) in [5.74, 6) is -1.58. The number of amides is 2. The van der Waals surface area contributed by atoms with Crippen molar-refractivity contribution in [3.8, 4) is 0 Å². The lowest BCUT2D eigenvalue weighted by Gasteiger charge is -2.36. The van der Waals surface area contributed by atoms with Crippen LogP contribution in [0.1, 0.15) is 39.2 Å². The summed E-state index contributed by atoms with van der Waals surface area (Å²) in [5.41, 5.74) is -0.196. The van der Waals surface area contributed by atoms with Gasteiger partial charge in [0.25, 0.3) is 5.91 Å². The van der Waals surface area contributed by atoms with Crippen molar-refractivity contribution in [1.29, 1.82) is 0 Å². The Morgan fingerprint density at radius 1 is 1.05 bits per heavy atom. The molecule has 13 nitrogen and oxygen atoms in total. The van der Waals surface area contributed by atoms with Gasteiger partial charge in [-0.25, -0.2) is 18.0 Å². The molecule has 1 aromatic carbocycles. The molecule has 0 N–H and O–H groups in total. The monoisotopic (exact) mass is 604 g/mol. The molecule has 0 bridgehead atoms. The number of aryl methyl sites for hydroxylation is 1. The van der Waals surface area contributed by atoms with E-state index in [-0.39, 0.29) is 24.3 Å². The number of rotatable bonds is 7. The standard InChI is InChI=1S/C28H40N6O7S/c1-28(2,3)40-26(36)24(18-21-10-7-6-8-11-21)34(41-27(37)32-16-14-30(4)15-17-32)25(35)23-12-9-13-33(23)42(38,39)22-19-29-31(5)20-22/h6-8,10-11,19-20,23-24H,9,12-18H2,1-5H3/t23-,24-/m0/s1. The van der Waals surface area contributed by atoms with Gasteiger partial charge in [0.2, 0.25) is 10.0 Å². The number of sulfonamides is 1. The van der Waals surface area contributed by atoms with Gasteiger partial charge in [0, 0.05) is 52.4 Å². The third-order valence-corrected chi connectivity index (χ3v) is 9.03. The van der Waals surface area contributed by atoms with Crippen LogP contribution in [0.4, 0.5) is 4.79 Å². The lowest BCUT2D eigenvalue weighted by molar-refractivity contribution is -0.198. The number of carbonyl (C=O) groups is 3. The molecule has 2 aliphatic rings. The van der Waals surface area contributed by atoms with Crippen LogP contribution in [0.2, 0.25) is 0 Å². The Balaban J connectivity index is 1.71. The van der Waals surface area contributed by atoms with E-state index in [0.717, 1.165) is 9.37 Å². The highest BCUT2D eigenvalue weighted by Gasteiger charge is 2.47. The van der Waals surface area contributed by atoms with Gasteiger partial charge in [-0.2, -0.15) is 14.5 Å². The second kappa shape index (κ2) is 12.8. The van der Waals surface area contributed by atoms with Crippen LogP contribution in [-0.4, -0.2) is 113 Å². The molecule has 2 atom stereocenters. The molecule has 0 radical (unpaired) electrons. The van der Waals surface area contributed by atoms with Crippen LogP contribution in [0.15, 0.2) is 47.6 Å². The van der Waals surface area contributed by atoms with Crippen molar-refractivity contribution < 1.29 is 32.4 Å². The largest absolute Gasteiger partial charge is 0.458 e. The normalized spacial score (nSPS) is 19.4. The summed E-state index contributed by atoms with van der Waals surface area (Å²) in [4.78, 5) is 50.6. The average molecular weight is 605 g/mol. The topological polar surface area (TPSA) is 135 Å². The first-order chi connectivity index (χ1) is 19.8. The molecule has 0 unspecified atom stereocenters. The number of benzene rings is 1. The maximum absolute atomic E-state index is 14.3. The van der Waals surface area contributed by atoms with Crippen molar-refractivity contribution >= 4 is 28.0 Å². The zero-order valence-electron chi connectivity index (χ0n) is 24.8. The SMILES string of the molecule is CN1CCN(C(=O)ON(C(=O)[C@@H]2CCCN2S(=O)(=O)c2cnn(C)c2)[C@@H](Cc2ccccc2)C(=O)OC(C)(C)C)CC1. The van der Waals surface area contributed by atoms with Gasteiger partial charge in [0.15, 0.2) is 6.04 Å². The minimum absolute atomic E-state index is 0.0143. The number of carbonyl (C=O) groups excluding carboxylic acids is 3. The first-order valence-corrected chi connectivity index (χ1v) is 15.5. The van der Waals surface area contributed by atoms with E-state index in [9.17, 15) is 22.8 Å². The number of esters is 1. The number of nitrogens with zero attached hydrogens (tertiary/aromatic N) is 6. The summed E-state index contributed by atoms with van der Waals surface area (Å²) in [5, 5.41) is 4.72. The summed E-state index contributed by atoms with van der Waals surface area (Å²) >= 11 is 0. The van der Waals surface area contributed by atoms with Crippen LogP contribution in [0.3, 0.4) is 0 Å². The Morgan fingerprint density at radius 2 is 1.71 bits per heavy atom. The number of ether oxygens (including phenoxy) is 1. The Kier molecular flexibility index (Phi) is 9.58. The van der Waals surface area contributed by atoms with Crippen LogP contribution < -0.4 is 0 Å². The Morgan fingerprint density at radius 3 is 2.31 bits per heavy atom. The molecule has 14 heteroatoms. The molecule has 0 spiro atoms. The minimum atomic E-state index is -4.10. The van der Waals surface area contributed by atoms with Gasteiger partial charge in [-0.1, -0.05) is 30.3 Å². The van der Waals surface area contributed by atoms with E-state index >= 15 is 0 Å². The van der Waals surface area contributed by atoms with Gasteiger partial charge in [0.1, 0.15) is 16.5 Å². The molecule has 0 aliphatic carbocycles. The van der Waals surface area contributed by atoms with Crippen molar-refractivity contribution in [3.63, 3.8) is 0 Å². The fraction of sp³-hybridized carbons (Fsp3) is 0.571. The third-order valence-electron chi connectivity index (χ3n) is 7.17. The quantitative estimate of drug-likeness (QED) is 0.342. The molecule has 2 fully saturated rings. The summed E-state index contributed by atoms with van der Waals surface area (Å²) in [6.45, 7) is 7.16.